The standard InChI is InChI=1S/C22H18N4/c23-13-17-9-6-12-24-22(17)26-14-19(16-7-2-1-3-8-16)20-15-25-21-11-5-4-10-18(20)21/h1-12,15,19,25H,14H2,(H,24,26)/t19-/m1/s1. The van der Waals surface area contributed by atoms with Gasteiger partial charge in [0, 0.05) is 35.8 Å². The van der Waals surface area contributed by atoms with E-state index in [2.05, 4.69) is 70.0 Å². The molecule has 2 heterocycles. The van der Waals surface area contributed by atoms with Gasteiger partial charge in [-0.25, -0.2) is 4.98 Å². The van der Waals surface area contributed by atoms with Gasteiger partial charge in [0.2, 0.25) is 0 Å². The highest BCUT2D eigenvalue weighted by molar-refractivity contribution is 5.84. The van der Waals surface area contributed by atoms with Crippen molar-refractivity contribution in [3.8, 4) is 6.07 Å². The average Bonchev–Trinajstić information content (AvgIpc) is 3.13. The minimum Gasteiger partial charge on any atom is -0.368 e. The third-order valence-electron chi connectivity index (χ3n) is 4.60. The summed E-state index contributed by atoms with van der Waals surface area (Å²) in [5.74, 6) is 0.761. The number of para-hydroxylation sites is 1. The number of nitrogens with zero attached hydrogens (tertiary/aromatic N) is 2. The molecule has 4 rings (SSSR count). The Morgan fingerprint density at radius 1 is 1.00 bits per heavy atom. The molecule has 0 spiro atoms. The number of rotatable bonds is 5. The Bertz CT molecular complexity index is 1060. The third-order valence-corrected chi connectivity index (χ3v) is 4.60. The number of hydrogen-bond donors (Lipinski definition) is 2. The molecular formula is C22H18N4. The van der Waals surface area contributed by atoms with Gasteiger partial charge in [0.1, 0.15) is 11.9 Å². The van der Waals surface area contributed by atoms with Gasteiger partial charge >= 0.3 is 0 Å². The summed E-state index contributed by atoms with van der Waals surface area (Å²) in [5, 5.41) is 13.9. The number of pyridine rings is 1. The minimum absolute atomic E-state index is 0.140. The van der Waals surface area contributed by atoms with Crippen LogP contribution in [0.25, 0.3) is 10.9 Å². The van der Waals surface area contributed by atoms with Gasteiger partial charge in [-0.3, -0.25) is 0 Å². The van der Waals surface area contributed by atoms with E-state index in [-0.39, 0.29) is 5.92 Å². The summed E-state index contributed by atoms with van der Waals surface area (Å²) < 4.78 is 0. The van der Waals surface area contributed by atoms with Crippen molar-refractivity contribution in [3.63, 3.8) is 0 Å². The molecule has 0 aliphatic carbocycles. The summed E-state index contributed by atoms with van der Waals surface area (Å²) >= 11 is 0. The lowest BCUT2D eigenvalue weighted by molar-refractivity contribution is 0.855. The average molecular weight is 338 g/mol. The highest BCUT2D eigenvalue weighted by Gasteiger charge is 2.18. The first kappa shape index (κ1) is 15.9. The Labute approximate surface area is 152 Å². The quantitative estimate of drug-likeness (QED) is 0.555. The molecule has 2 aromatic carbocycles. The largest absolute Gasteiger partial charge is 0.368 e. The third kappa shape index (κ3) is 3.03. The van der Waals surface area contributed by atoms with Crippen molar-refractivity contribution in [2.24, 2.45) is 0 Å². The lowest BCUT2D eigenvalue weighted by atomic mass is 9.91. The Hall–Kier alpha value is -3.58. The van der Waals surface area contributed by atoms with Crippen LogP contribution in [0.4, 0.5) is 5.82 Å². The normalized spacial score (nSPS) is 11.8. The molecule has 126 valence electrons. The number of aromatic nitrogens is 2. The second kappa shape index (κ2) is 7.12. The van der Waals surface area contributed by atoms with Gasteiger partial charge in [0.05, 0.1) is 5.56 Å². The van der Waals surface area contributed by atoms with Crippen LogP contribution < -0.4 is 5.32 Å². The fraction of sp³-hybridized carbons (Fsp3) is 0.0909. The molecule has 4 nitrogen and oxygen atoms in total. The number of hydrogen-bond acceptors (Lipinski definition) is 3. The molecule has 0 saturated heterocycles. The van der Waals surface area contributed by atoms with Crippen molar-refractivity contribution in [2.45, 2.75) is 5.92 Å². The molecule has 1 atom stereocenters. The number of benzene rings is 2. The monoisotopic (exact) mass is 338 g/mol. The molecular weight excluding hydrogens is 320 g/mol. The Kier molecular flexibility index (Phi) is 4.36. The van der Waals surface area contributed by atoms with E-state index in [1.165, 1.54) is 16.5 Å². The minimum atomic E-state index is 0.140. The van der Waals surface area contributed by atoms with Gasteiger partial charge in [0.25, 0.3) is 0 Å². The lowest BCUT2D eigenvalue weighted by Gasteiger charge is -2.19. The molecule has 0 radical (unpaired) electrons. The zero-order valence-electron chi connectivity index (χ0n) is 14.2. The van der Waals surface area contributed by atoms with Crippen molar-refractivity contribution in [1.82, 2.24) is 9.97 Å². The molecule has 0 aliphatic heterocycles. The molecule has 0 saturated carbocycles. The fourth-order valence-electron chi connectivity index (χ4n) is 3.31. The summed E-state index contributed by atoms with van der Waals surface area (Å²) in [6.07, 6.45) is 3.78. The van der Waals surface area contributed by atoms with Gasteiger partial charge in [-0.15, -0.1) is 0 Å². The second-order valence-electron chi connectivity index (χ2n) is 6.15. The smallest absolute Gasteiger partial charge is 0.143 e. The van der Waals surface area contributed by atoms with Gasteiger partial charge in [0.15, 0.2) is 0 Å². The second-order valence-corrected chi connectivity index (χ2v) is 6.15. The molecule has 0 fully saturated rings. The van der Waals surface area contributed by atoms with Crippen molar-refractivity contribution < 1.29 is 0 Å². The van der Waals surface area contributed by atoms with E-state index in [4.69, 9.17) is 0 Å². The van der Waals surface area contributed by atoms with E-state index in [0.717, 1.165) is 5.52 Å². The van der Waals surface area contributed by atoms with Crippen LogP contribution >= 0.6 is 0 Å². The van der Waals surface area contributed by atoms with Crippen LogP contribution in [0, 0.1) is 11.3 Å². The highest BCUT2D eigenvalue weighted by Crippen LogP contribution is 2.31. The topological polar surface area (TPSA) is 64.5 Å². The van der Waals surface area contributed by atoms with E-state index < -0.39 is 0 Å². The van der Waals surface area contributed by atoms with Gasteiger partial charge in [-0.05, 0) is 29.3 Å². The lowest BCUT2D eigenvalue weighted by Crippen LogP contribution is -2.15. The number of nitrogens with one attached hydrogen (secondary N) is 2. The van der Waals surface area contributed by atoms with E-state index in [0.29, 0.717) is 17.9 Å². The van der Waals surface area contributed by atoms with Crippen molar-refractivity contribution >= 4 is 16.7 Å². The summed E-state index contributed by atoms with van der Waals surface area (Å²) in [5.41, 5.74) is 4.13. The number of anilines is 1. The van der Waals surface area contributed by atoms with E-state index >= 15 is 0 Å². The maximum Gasteiger partial charge on any atom is 0.143 e. The Balaban J connectivity index is 1.72. The number of fused-ring (bicyclic) bond motifs is 1. The Morgan fingerprint density at radius 2 is 1.81 bits per heavy atom. The first-order valence-electron chi connectivity index (χ1n) is 8.57. The van der Waals surface area contributed by atoms with Gasteiger partial charge in [-0.2, -0.15) is 5.26 Å². The fourth-order valence-corrected chi connectivity index (χ4v) is 3.31. The van der Waals surface area contributed by atoms with Gasteiger partial charge < -0.3 is 10.3 Å². The van der Waals surface area contributed by atoms with Crippen LogP contribution in [-0.2, 0) is 0 Å². The van der Waals surface area contributed by atoms with Crippen LogP contribution in [0.5, 0.6) is 0 Å². The van der Waals surface area contributed by atoms with Crippen LogP contribution in [0.3, 0.4) is 0 Å². The molecule has 2 aromatic heterocycles. The van der Waals surface area contributed by atoms with Crippen LogP contribution in [0.1, 0.15) is 22.6 Å². The molecule has 0 unspecified atom stereocenters. The number of H-pyrrole nitrogens is 1. The molecule has 0 amide bonds. The molecule has 4 aromatic rings. The van der Waals surface area contributed by atoms with Crippen LogP contribution in [-0.4, -0.2) is 16.5 Å². The maximum absolute atomic E-state index is 9.29. The SMILES string of the molecule is N#Cc1cccnc1NC[C@H](c1ccccc1)c1c[nH]c2ccccc12. The first-order chi connectivity index (χ1) is 12.9. The van der Waals surface area contributed by atoms with Crippen molar-refractivity contribution in [2.75, 3.05) is 11.9 Å². The zero-order chi connectivity index (χ0) is 17.8. The summed E-state index contributed by atoms with van der Waals surface area (Å²) in [4.78, 5) is 7.68. The summed E-state index contributed by atoms with van der Waals surface area (Å²) in [7, 11) is 0. The molecule has 0 aliphatic rings. The highest BCUT2D eigenvalue weighted by atomic mass is 15.0. The molecule has 26 heavy (non-hydrogen) atoms. The molecule has 2 N–H and O–H groups in total. The predicted molar refractivity (Wildman–Crippen MR) is 104 cm³/mol. The maximum atomic E-state index is 9.29. The van der Waals surface area contributed by atoms with E-state index in [1.54, 1.807) is 18.3 Å². The Morgan fingerprint density at radius 3 is 2.65 bits per heavy atom. The van der Waals surface area contributed by atoms with Crippen molar-refractivity contribution in [1.29, 1.82) is 5.26 Å². The molecule has 4 heteroatoms. The van der Waals surface area contributed by atoms with E-state index in [1.807, 2.05) is 12.1 Å². The van der Waals surface area contributed by atoms with Gasteiger partial charge in [-0.1, -0.05) is 48.5 Å². The first-order valence-corrected chi connectivity index (χ1v) is 8.57. The van der Waals surface area contributed by atoms with E-state index in [9.17, 15) is 5.26 Å². The number of aromatic amines is 1. The summed E-state index contributed by atoms with van der Waals surface area (Å²) in [6.45, 7) is 0.650. The van der Waals surface area contributed by atoms with Crippen LogP contribution in [0.15, 0.2) is 79.1 Å². The van der Waals surface area contributed by atoms with Crippen molar-refractivity contribution in [3.05, 3.63) is 95.8 Å². The molecule has 0 bridgehead atoms. The predicted octanol–water partition coefficient (Wildman–Crippen LogP) is 4.68. The zero-order valence-corrected chi connectivity index (χ0v) is 14.2. The number of nitriles is 1. The van der Waals surface area contributed by atoms with Crippen LogP contribution in [0.2, 0.25) is 0 Å². The summed E-state index contributed by atoms with van der Waals surface area (Å²) in [6, 6.07) is 24.5.